The fourth-order valence-corrected chi connectivity index (χ4v) is 12.4. The van der Waals surface area contributed by atoms with Crippen LogP contribution in [-0.2, 0) is 10.8 Å². The van der Waals surface area contributed by atoms with E-state index in [1.165, 1.54) is 72.0 Å². The standard InChI is InChI=1S/C68H47NO/c1-67(2)60-29-14-11-24-53(60)55-40-37-49(42-62(55)67)69(50-38-41-56-54-25-12-15-30-61(54)68(63(56)43-50,46-19-5-3-6-20-46)47-21-7-4-8-22-47)48-35-32-45(33-36-48)52-39-34-44-18-9-10-23-51(44)65(52)59-28-17-27-58-57-26-13-16-31-64(57)70-66(58)59/h3-43H,1-2H3. The van der Waals surface area contributed by atoms with E-state index in [9.17, 15) is 0 Å². The molecule has 0 saturated carbocycles. The van der Waals surface area contributed by atoms with Gasteiger partial charge >= 0.3 is 0 Å². The fraction of sp³-hybridized carbons (Fsp3) is 0.0588. The number of para-hydroxylation sites is 2. The third-order valence-electron chi connectivity index (χ3n) is 15.6. The van der Waals surface area contributed by atoms with Crippen molar-refractivity contribution in [2.75, 3.05) is 4.90 Å². The van der Waals surface area contributed by atoms with Gasteiger partial charge in [-0.05, 0) is 120 Å². The zero-order valence-electron chi connectivity index (χ0n) is 39.0. The second-order valence-electron chi connectivity index (χ2n) is 19.5. The molecule has 11 aromatic carbocycles. The van der Waals surface area contributed by atoms with Crippen molar-refractivity contribution in [1.82, 2.24) is 0 Å². The molecule has 0 atom stereocenters. The van der Waals surface area contributed by atoms with Gasteiger partial charge in [0.2, 0.25) is 0 Å². The second kappa shape index (κ2) is 15.4. The highest BCUT2D eigenvalue weighted by Crippen LogP contribution is 2.58. The number of nitrogens with zero attached hydrogens (tertiary/aromatic N) is 1. The maximum atomic E-state index is 6.71. The summed E-state index contributed by atoms with van der Waals surface area (Å²) in [5, 5.41) is 4.64. The van der Waals surface area contributed by atoms with Crippen molar-refractivity contribution in [2.45, 2.75) is 24.7 Å². The van der Waals surface area contributed by atoms with Crippen LogP contribution in [0, 0.1) is 0 Å². The van der Waals surface area contributed by atoms with E-state index in [1.807, 2.05) is 6.07 Å². The third-order valence-corrected chi connectivity index (χ3v) is 15.6. The normalized spacial score (nSPS) is 13.8. The van der Waals surface area contributed by atoms with E-state index in [2.05, 4.69) is 261 Å². The minimum atomic E-state index is -0.531. The van der Waals surface area contributed by atoms with Crippen molar-refractivity contribution in [2.24, 2.45) is 0 Å². The number of anilines is 3. The minimum absolute atomic E-state index is 0.165. The van der Waals surface area contributed by atoms with E-state index in [4.69, 9.17) is 4.42 Å². The summed E-state index contributed by atoms with van der Waals surface area (Å²) in [6.45, 7) is 4.74. The Kier molecular flexibility index (Phi) is 8.88. The van der Waals surface area contributed by atoms with Crippen molar-refractivity contribution in [1.29, 1.82) is 0 Å². The van der Waals surface area contributed by atoms with Gasteiger partial charge in [-0.25, -0.2) is 0 Å². The number of fused-ring (bicyclic) bond motifs is 10. The molecule has 330 valence electrons. The Morgan fingerprint density at radius 3 is 1.59 bits per heavy atom. The molecule has 0 fully saturated rings. The Morgan fingerprint density at radius 2 is 0.857 bits per heavy atom. The van der Waals surface area contributed by atoms with Gasteiger partial charge in [-0.15, -0.1) is 0 Å². The summed E-state index contributed by atoms with van der Waals surface area (Å²) < 4.78 is 6.71. The van der Waals surface area contributed by atoms with Gasteiger partial charge in [-0.3, -0.25) is 0 Å². The van der Waals surface area contributed by atoms with Crippen molar-refractivity contribution >= 4 is 49.8 Å². The average Bonchev–Trinajstić information content (AvgIpc) is 4.03. The first kappa shape index (κ1) is 40.4. The fourth-order valence-electron chi connectivity index (χ4n) is 12.4. The SMILES string of the molecule is CC1(C)c2ccccc2-c2ccc(N(c3ccc(-c4ccc5ccccc5c4-c4cccc5c4oc4ccccc45)cc3)c3ccc4c(c3)C(c3ccccc3)(c3ccccc3)c3ccccc3-4)cc21. The molecule has 0 bridgehead atoms. The lowest BCUT2D eigenvalue weighted by atomic mass is 9.67. The lowest BCUT2D eigenvalue weighted by Crippen LogP contribution is -2.28. The summed E-state index contributed by atoms with van der Waals surface area (Å²) in [5.74, 6) is 0. The Labute approximate surface area is 408 Å². The zero-order valence-corrected chi connectivity index (χ0v) is 39.0. The Morgan fingerprint density at radius 1 is 0.343 bits per heavy atom. The molecule has 0 N–H and O–H groups in total. The third kappa shape index (κ3) is 5.80. The van der Waals surface area contributed by atoms with Crippen LogP contribution in [0.4, 0.5) is 17.1 Å². The van der Waals surface area contributed by atoms with Crippen LogP contribution in [0.1, 0.15) is 47.2 Å². The van der Waals surface area contributed by atoms with E-state index < -0.39 is 5.41 Å². The molecule has 2 heteroatoms. The molecule has 2 aliphatic carbocycles. The summed E-state index contributed by atoms with van der Waals surface area (Å²) in [7, 11) is 0. The van der Waals surface area contributed by atoms with Crippen molar-refractivity contribution < 1.29 is 4.42 Å². The highest BCUT2D eigenvalue weighted by atomic mass is 16.3. The van der Waals surface area contributed by atoms with Crippen LogP contribution in [0.2, 0.25) is 0 Å². The molecule has 0 spiro atoms. The van der Waals surface area contributed by atoms with E-state index in [-0.39, 0.29) is 5.41 Å². The first-order chi connectivity index (χ1) is 34.5. The molecule has 0 unspecified atom stereocenters. The molecule has 1 aromatic heterocycles. The molecular weight excluding hydrogens is 847 g/mol. The maximum Gasteiger partial charge on any atom is 0.143 e. The lowest BCUT2D eigenvalue weighted by molar-refractivity contribution is 0.660. The van der Waals surface area contributed by atoms with E-state index in [1.54, 1.807) is 0 Å². The average molecular weight is 894 g/mol. The number of rotatable bonds is 7. The van der Waals surface area contributed by atoms with Gasteiger partial charge in [0, 0.05) is 44.4 Å². The van der Waals surface area contributed by atoms with Gasteiger partial charge in [0.1, 0.15) is 11.2 Å². The molecule has 2 nitrogen and oxygen atoms in total. The smallest absolute Gasteiger partial charge is 0.143 e. The summed E-state index contributed by atoms with van der Waals surface area (Å²) in [4.78, 5) is 2.48. The summed E-state index contributed by atoms with van der Waals surface area (Å²) in [5.41, 5.74) is 21.9. The van der Waals surface area contributed by atoms with Gasteiger partial charge in [0.15, 0.2) is 0 Å². The van der Waals surface area contributed by atoms with Gasteiger partial charge in [0.25, 0.3) is 0 Å². The molecular formula is C68H47NO. The molecule has 70 heavy (non-hydrogen) atoms. The van der Waals surface area contributed by atoms with E-state index in [0.717, 1.165) is 55.7 Å². The quantitative estimate of drug-likeness (QED) is 0.158. The molecule has 0 aliphatic heterocycles. The predicted octanol–water partition coefficient (Wildman–Crippen LogP) is 18.2. The highest BCUT2D eigenvalue weighted by molar-refractivity contribution is 6.14. The molecule has 14 rings (SSSR count). The Bertz CT molecular complexity index is 3990. The Balaban J connectivity index is 0.980. The van der Waals surface area contributed by atoms with Crippen LogP contribution < -0.4 is 4.90 Å². The summed E-state index contributed by atoms with van der Waals surface area (Å²) >= 11 is 0. The van der Waals surface area contributed by atoms with E-state index in [0.29, 0.717) is 0 Å². The van der Waals surface area contributed by atoms with Gasteiger partial charge in [0.05, 0.1) is 5.41 Å². The second-order valence-corrected chi connectivity index (χ2v) is 19.5. The summed E-state index contributed by atoms with van der Waals surface area (Å²) in [6, 6.07) is 91.8. The summed E-state index contributed by atoms with van der Waals surface area (Å²) in [6.07, 6.45) is 0. The highest BCUT2D eigenvalue weighted by Gasteiger charge is 2.46. The molecule has 12 aromatic rings. The molecule has 0 radical (unpaired) electrons. The lowest BCUT2D eigenvalue weighted by Gasteiger charge is -2.35. The first-order valence-electron chi connectivity index (χ1n) is 24.4. The van der Waals surface area contributed by atoms with Crippen LogP contribution in [-0.4, -0.2) is 0 Å². The van der Waals surface area contributed by atoms with E-state index >= 15 is 0 Å². The maximum absolute atomic E-state index is 6.71. The number of hydrogen-bond donors (Lipinski definition) is 0. The van der Waals surface area contributed by atoms with Crippen LogP contribution in [0.25, 0.3) is 77.2 Å². The largest absolute Gasteiger partial charge is 0.455 e. The first-order valence-corrected chi connectivity index (χ1v) is 24.4. The van der Waals surface area contributed by atoms with Crippen molar-refractivity contribution in [3.63, 3.8) is 0 Å². The van der Waals surface area contributed by atoms with Gasteiger partial charge in [-0.2, -0.15) is 0 Å². The number of furan rings is 1. The van der Waals surface area contributed by atoms with Gasteiger partial charge in [-0.1, -0.05) is 220 Å². The van der Waals surface area contributed by atoms with Gasteiger partial charge < -0.3 is 9.32 Å². The Hall–Kier alpha value is -8.72. The van der Waals surface area contributed by atoms with Crippen LogP contribution >= 0.6 is 0 Å². The van der Waals surface area contributed by atoms with Crippen LogP contribution in [0.5, 0.6) is 0 Å². The molecule has 2 aliphatic rings. The van der Waals surface area contributed by atoms with Crippen LogP contribution in [0.15, 0.2) is 253 Å². The predicted molar refractivity (Wildman–Crippen MR) is 292 cm³/mol. The topological polar surface area (TPSA) is 16.4 Å². The number of hydrogen-bond acceptors (Lipinski definition) is 2. The zero-order chi connectivity index (χ0) is 46.6. The van der Waals surface area contributed by atoms with Crippen molar-refractivity contribution in [3.05, 3.63) is 282 Å². The monoisotopic (exact) mass is 893 g/mol. The minimum Gasteiger partial charge on any atom is -0.455 e. The molecule has 0 saturated heterocycles. The molecule has 1 heterocycles. The molecule has 0 amide bonds. The van der Waals surface area contributed by atoms with Crippen molar-refractivity contribution in [3.8, 4) is 44.5 Å². The number of benzene rings is 11. The van der Waals surface area contributed by atoms with Crippen LogP contribution in [0.3, 0.4) is 0 Å².